The number of aromatic nitrogens is 3. The molecule has 3 N–H and O–H groups in total. The maximum Gasteiger partial charge on any atom is 0.232 e. The summed E-state index contributed by atoms with van der Waals surface area (Å²) in [6, 6.07) is 0. The van der Waals surface area contributed by atoms with Crippen LogP contribution >= 0.6 is 22.7 Å². The number of nitrogens with zero attached hydrogens (tertiary/aromatic N) is 3. The fourth-order valence-electron chi connectivity index (χ4n) is 1.73. The molecule has 0 aliphatic rings. The molecule has 0 fully saturated rings. The molecular formula is C13H19N5OS2. The Morgan fingerprint density at radius 3 is 2.90 bits per heavy atom. The first-order chi connectivity index (χ1) is 10.1. The quantitative estimate of drug-likeness (QED) is 0.810. The number of hydrogen-bond acceptors (Lipinski definition) is 7. The molecule has 0 unspecified atom stereocenters. The van der Waals surface area contributed by atoms with Crippen LogP contribution in [0.5, 0.6) is 0 Å². The molecule has 0 bridgehead atoms. The number of rotatable bonds is 7. The number of thiazole rings is 1. The molecular weight excluding hydrogens is 306 g/mol. The molecule has 2 heterocycles. The standard InChI is InChI=1S/C13H19N5OS2/c1-8(2)5-12-17-18-13(21-12)16-10(19)6-9-7-20-11(15-9)3-4-14/h7-8H,3-6,14H2,1-2H3,(H,16,18,19). The molecule has 114 valence electrons. The fraction of sp³-hybridized carbons (Fsp3) is 0.538. The second-order valence-electron chi connectivity index (χ2n) is 5.10. The molecule has 6 nitrogen and oxygen atoms in total. The highest BCUT2D eigenvalue weighted by Crippen LogP contribution is 2.18. The molecule has 1 amide bonds. The predicted octanol–water partition coefficient (Wildman–Crippen LogP) is 1.88. The zero-order chi connectivity index (χ0) is 15.2. The van der Waals surface area contributed by atoms with E-state index in [1.165, 1.54) is 22.7 Å². The van der Waals surface area contributed by atoms with Crippen molar-refractivity contribution in [2.75, 3.05) is 11.9 Å². The van der Waals surface area contributed by atoms with Crippen LogP contribution in [-0.2, 0) is 24.1 Å². The number of carbonyl (C=O) groups excluding carboxylic acids is 1. The summed E-state index contributed by atoms with van der Waals surface area (Å²) in [7, 11) is 0. The molecule has 0 aromatic carbocycles. The van der Waals surface area contributed by atoms with E-state index in [9.17, 15) is 4.79 Å². The second kappa shape index (κ2) is 7.58. The molecule has 0 atom stereocenters. The number of amides is 1. The fourth-order valence-corrected chi connectivity index (χ4v) is 3.51. The van der Waals surface area contributed by atoms with Crippen LogP contribution in [0.2, 0.25) is 0 Å². The summed E-state index contributed by atoms with van der Waals surface area (Å²) in [6.07, 6.45) is 1.88. The van der Waals surface area contributed by atoms with Gasteiger partial charge in [-0.25, -0.2) is 4.98 Å². The highest BCUT2D eigenvalue weighted by Gasteiger charge is 2.11. The van der Waals surface area contributed by atoms with Crippen molar-refractivity contribution in [2.24, 2.45) is 11.7 Å². The molecule has 2 aromatic rings. The van der Waals surface area contributed by atoms with Crippen molar-refractivity contribution in [2.45, 2.75) is 33.1 Å². The molecule has 0 aliphatic carbocycles. The molecule has 2 aromatic heterocycles. The minimum atomic E-state index is -0.119. The Labute approximate surface area is 131 Å². The maximum atomic E-state index is 11.9. The maximum absolute atomic E-state index is 11.9. The van der Waals surface area contributed by atoms with E-state index in [4.69, 9.17) is 5.73 Å². The monoisotopic (exact) mass is 325 g/mol. The number of hydrogen-bond donors (Lipinski definition) is 2. The van der Waals surface area contributed by atoms with E-state index in [0.29, 0.717) is 17.6 Å². The molecule has 0 spiro atoms. The summed E-state index contributed by atoms with van der Waals surface area (Å²) in [4.78, 5) is 16.3. The van der Waals surface area contributed by atoms with Gasteiger partial charge in [0.15, 0.2) is 0 Å². The van der Waals surface area contributed by atoms with Gasteiger partial charge in [-0.2, -0.15) is 0 Å². The molecule has 2 rings (SSSR count). The summed E-state index contributed by atoms with van der Waals surface area (Å²) < 4.78 is 0. The SMILES string of the molecule is CC(C)Cc1nnc(NC(=O)Cc2csc(CCN)n2)s1. The number of carbonyl (C=O) groups is 1. The van der Waals surface area contributed by atoms with Gasteiger partial charge in [0.1, 0.15) is 5.01 Å². The largest absolute Gasteiger partial charge is 0.330 e. The third-order valence-corrected chi connectivity index (χ3v) is 4.41. The second-order valence-corrected chi connectivity index (χ2v) is 7.10. The lowest BCUT2D eigenvalue weighted by Crippen LogP contribution is -2.14. The van der Waals surface area contributed by atoms with E-state index in [1.807, 2.05) is 5.38 Å². The minimum absolute atomic E-state index is 0.119. The van der Waals surface area contributed by atoms with Crippen molar-refractivity contribution in [3.63, 3.8) is 0 Å². The van der Waals surface area contributed by atoms with Crippen LogP contribution in [0.1, 0.15) is 29.6 Å². The zero-order valence-corrected chi connectivity index (χ0v) is 13.8. The van der Waals surface area contributed by atoms with Gasteiger partial charge < -0.3 is 11.1 Å². The van der Waals surface area contributed by atoms with Crippen molar-refractivity contribution in [3.8, 4) is 0 Å². The number of nitrogens with one attached hydrogen (secondary N) is 1. The molecule has 0 saturated heterocycles. The van der Waals surface area contributed by atoms with Crippen molar-refractivity contribution in [1.29, 1.82) is 0 Å². The van der Waals surface area contributed by atoms with Gasteiger partial charge in [-0.05, 0) is 12.5 Å². The Morgan fingerprint density at radius 2 is 2.19 bits per heavy atom. The van der Waals surface area contributed by atoms with Crippen molar-refractivity contribution in [1.82, 2.24) is 15.2 Å². The highest BCUT2D eigenvalue weighted by molar-refractivity contribution is 7.15. The predicted molar refractivity (Wildman–Crippen MR) is 85.7 cm³/mol. The van der Waals surface area contributed by atoms with Crippen LogP contribution < -0.4 is 11.1 Å². The summed E-state index contributed by atoms with van der Waals surface area (Å²) in [6.45, 7) is 4.82. The van der Waals surface area contributed by atoms with Gasteiger partial charge >= 0.3 is 0 Å². The molecule has 0 saturated carbocycles. The van der Waals surface area contributed by atoms with Crippen LogP contribution in [-0.4, -0.2) is 27.6 Å². The molecule has 8 heteroatoms. The average molecular weight is 325 g/mol. The summed E-state index contributed by atoms with van der Waals surface area (Å²) in [5.41, 5.74) is 6.25. The average Bonchev–Trinajstić information content (AvgIpc) is 2.99. The lowest BCUT2D eigenvalue weighted by Gasteiger charge is -1.99. The minimum Gasteiger partial charge on any atom is -0.330 e. The van der Waals surface area contributed by atoms with E-state index in [1.54, 1.807) is 0 Å². The smallest absolute Gasteiger partial charge is 0.232 e. The van der Waals surface area contributed by atoms with E-state index < -0.39 is 0 Å². The normalized spacial score (nSPS) is 11.0. The van der Waals surface area contributed by atoms with E-state index in [2.05, 4.69) is 34.3 Å². The summed E-state index contributed by atoms with van der Waals surface area (Å²) in [5.74, 6) is 0.407. The van der Waals surface area contributed by atoms with E-state index in [-0.39, 0.29) is 12.3 Å². The lowest BCUT2D eigenvalue weighted by atomic mass is 10.1. The van der Waals surface area contributed by atoms with Gasteiger partial charge in [-0.15, -0.1) is 21.5 Å². The Balaban J connectivity index is 1.87. The third-order valence-electron chi connectivity index (χ3n) is 2.60. The first-order valence-electron chi connectivity index (χ1n) is 6.82. The third kappa shape index (κ3) is 5.14. The van der Waals surface area contributed by atoms with Gasteiger partial charge in [0.05, 0.1) is 17.1 Å². The first-order valence-corrected chi connectivity index (χ1v) is 8.52. The Hall–Kier alpha value is -1.38. The van der Waals surface area contributed by atoms with Crippen molar-refractivity contribution >= 4 is 33.7 Å². The van der Waals surface area contributed by atoms with Gasteiger partial charge in [-0.3, -0.25) is 4.79 Å². The van der Waals surface area contributed by atoms with Crippen LogP contribution in [0, 0.1) is 5.92 Å². The van der Waals surface area contributed by atoms with E-state index >= 15 is 0 Å². The van der Waals surface area contributed by atoms with E-state index in [0.717, 1.165) is 28.6 Å². The topological polar surface area (TPSA) is 93.8 Å². The Morgan fingerprint density at radius 1 is 1.38 bits per heavy atom. The van der Waals surface area contributed by atoms with Crippen LogP contribution in [0.15, 0.2) is 5.38 Å². The van der Waals surface area contributed by atoms with Gasteiger partial charge in [0, 0.05) is 18.2 Å². The molecule has 0 radical (unpaired) electrons. The summed E-state index contributed by atoms with van der Waals surface area (Å²) in [5, 5.41) is 15.2. The van der Waals surface area contributed by atoms with Crippen molar-refractivity contribution < 1.29 is 4.79 Å². The van der Waals surface area contributed by atoms with Crippen LogP contribution in [0.4, 0.5) is 5.13 Å². The van der Waals surface area contributed by atoms with Crippen LogP contribution in [0.25, 0.3) is 0 Å². The lowest BCUT2D eigenvalue weighted by molar-refractivity contribution is -0.115. The van der Waals surface area contributed by atoms with Gasteiger partial charge in [-0.1, -0.05) is 25.2 Å². The number of anilines is 1. The Kier molecular flexibility index (Phi) is 5.77. The summed E-state index contributed by atoms with van der Waals surface area (Å²) >= 11 is 2.96. The molecule has 0 aliphatic heterocycles. The van der Waals surface area contributed by atoms with Gasteiger partial charge in [0.2, 0.25) is 11.0 Å². The Bertz CT molecular complexity index is 593. The van der Waals surface area contributed by atoms with Crippen LogP contribution in [0.3, 0.4) is 0 Å². The highest BCUT2D eigenvalue weighted by atomic mass is 32.1. The molecule has 21 heavy (non-hydrogen) atoms. The van der Waals surface area contributed by atoms with Gasteiger partial charge in [0.25, 0.3) is 0 Å². The zero-order valence-electron chi connectivity index (χ0n) is 12.1. The number of nitrogens with two attached hydrogens (primary N) is 1. The first kappa shape index (κ1) is 16.0. The van der Waals surface area contributed by atoms with Crippen molar-refractivity contribution in [3.05, 3.63) is 21.1 Å².